The monoisotopic (exact) mass is 414 g/mol. The van der Waals surface area contributed by atoms with E-state index in [9.17, 15) is 9.59 Å². The molecule has 9 heteroatoms. The van der Waals surface area contributed by atoms with Crippen LogP contribution in [0.4, 0.5) is 0 Å². The summed E-state index contributed by atoms with van der Waals surface area (Å²) >= 11 is 5.90. The van der Waals surface area contributed by atoms with Crippen LogP contribution in [0.3, 0.4) is 0 Å². The van der Waals surface area contributed by atoms with E-state index < -0.39 is 0 Å². The average Bonchev–Trinajstić information content (AvgIpc) is 3.41. The lowest BCUT2D eigenvalue weighted by Gasteiger charge is -2.11. The summed E-state index contributed by atoms with van der Waals surface area (Å²) in [6.45, 7) is 1.07. The minimum atomic E-state index is -0.293. The molecule has 1 atom stereocenters. The molecular formula is C20H19ClN4O4. The summed E-state index contributed by atoms with van der Waals surface area (Å²) in [4.78, 5) is 28.7. The topological polar surface area (TPSA) is 99.3 Å². The number of pyridine rings is 1. The third kappa shape index (κ3) is 4.72. The van der Waals surface area contributed by atoms with E-state index in [0.29, 0.717) is 23.0 Å². The van der Waals surface area contributed by atoms with Gasteiger partial charge in [0.2, 0.25) is 11.7 Å². The summed E-state index contributed by atoms with van der Waals surface area (Å²) in [6, 6.07) is 10.0. The molecule has 1 aromatic carbocycles. The van der Waals surface area contributed by atoms with Crippen molar-refractivity contribution in [1.29, 1.82) is 0 Å². The summed E-state index contributed by atoms with van der Waals surface area (Å²) in [5.41, 5.74) is 1.01. The molecule has 4 rings (SSSR count). The number of halogens is 1. The first kappa shape index (κ1) is 19.4. The number of hydrogen-bond donors (Lipinski definition) is 1. The van der Waals surface area contributed by atoms with E-state index in [2.05, 4.69) is 15.5 Å². The quantitative estimate of drug-likeness (QED) is 0.665. The number of carbonyl (C=O) groups excluding carboxylic acids is 1. The highest BCUT2D eigenvalue weighted by Crippen LogP contribution is 2.22. The van der Waals surface area contributed by atoms with Crippen LogP contribution in [0, 0.1) is 0 Å². The van der Waals surface area contributed by atoms with Crippen molar-refractivity contribution in [1.82, 2.24) is 20.0 Å². The zero-order valence-electron chi connectivity index (χ0n) is 15.5. The number of amides is 1. The van der Waals surface area contributed by atoms with Crippen molar-refractivity contribution in [2.45, 2.75) is 25.5 Å². The lowest BCUT2D eigenvalue weighted by Crippen LogP contribution is -2.36. The van der Waals surface area contributed by atoms with Gasteiger partial charge >= 0.3 is 0 Å². The molecule has 3 aromatic rings. The van der Waals surface area contributed by atoms with Crippen LogP contribution in [0.25, 0.3) is 22.8 Å². The lowest BCUT2D eigenvalue weighted by molar-refractivity contribution is -0.122. The van der Waals surface area contributed by atoms with Crippen LogP contribution in [0.1, 0.15) is 12.8 Å². The summed E-state index contributed by atoms with van der Waals surface area (Å²) in [6.07, 6.45) is 3.52. The fourth-order valence-corrected chi connectivity index (χ4v) is 3.21. The molecule has 0 spiro atoms. The van der Waals surface area contributed by atoms with Gasteiger partial charge in [-0.25, -0.2) is 0 Å². The normalized spacial score (nSPS) is 16.1. The summed E-state index contributed by atoms with van der Waals surface area (Å²) < 4.78 is 12.1. The Balaban J connectivity index is 1.47. The Hall–Kier alpha value is -2.97. The molecule has 3 heterocycles. The van der Waals surface area contributed by atoms with Crippen molar-refractivity contribution in [3.63, 3.8) is 0 Å². The molecule has 0 saturated carbocycles. The Kier molecular flexibility index (Phi) is 5.73. The molecular weight excluding hydrogens is 396 g/mol. The molecule has 1 fully saturated rings. The summed E-state index contributed by atoms with van der Waals surface area (Å²) in [5.74, 6) is 0.402. The molecule has 29 heavy (non-hydrogen) atoms. The maximum absolute atomic E-state index is 12.2. The fourth-order valence-electron chi connectivity index (χ4n) is 3.08. The minimum absolute atomic E-state index is 0.0479. The number of benzene rings is 1. The van der Waals surface area contributed by atoms with Crippen LogP contribution in [-0.4, -0.2) is 39.9 Å². The average molecular weight is 415 g/mol. The molecule has 2 aromatic heterocycles. The smallest absolute Gasteiger partial charge is 0.259 e. The highest BCUT2D eigenvalue weighted by Gasteiger charge is 2.17. The van der Waals surface area contributed by atoms with Crippen LogP contribution >= 0.6 is 11.6 Å². The van der Waals surface area contributed by atoms with E-state index in [0.717, 1.165) is 25.0 Å². The molecule has 1 aliphatic heterocycles. The van der Waals surface area contributed by atoms with E-state index in [-0.39, 0.29) is 30.0 Å². The van der Waals surface area contributed by atoms with Gasteiger partial charge in [-0.1, -0.05) is 16.8 Å². The second-order valence-electron chi connectivity index (χ2n) is 6.75. The highest BCUT2D eigenvalue weighted by molar-refractivity contribution is 6.30. The van der Waals surface area contributed by atoms with Gasteiger partial charge in [0.15, 0.2) is 0 Å². The number of hydrogen-bond acceptors (Lipinski definition) is 6. The Morgan fingerprint density at radius 3 is 2.76 bits per heavy atom. The van der Waals surface area contributed by atoms with Crippen molar-refractivity contribution in [2.24, 2.45) is 0 Å². The molecule has 0 bridgehead atoms. The molecule has 8 nitrogen and oxygen atoms in total. The molecule has 0 radical (unpaired) electrons. The van der Waals surface area contributed by atoms with Gasteiger partial charge in [-0.15, -0.1) is 0 Å². The van der Waals surface area contributed by atoms with Gasteiger partial charge < -0.3 is 19.1 Å². The third-order valence-corrected chi connectivity index (χ3v) is 4.88. The van der Waals surface area contributed by atoms with Crippen molar-refractivity contribution in [3.05, 3.63) is 58.0 Å². The van der Waals surface area contributed by atoms with Gasteiger partial charge in [0, 0.05) is 36.0 Å². The first-order chi connectivity index (χ1) is 14.1. The molecule has 1 saturated heterocycles. The van der Waals surface area contributed by atoms with Gasteiger partial charge in [-0.05, 0) is 43.2 Å². The fraction of sp³-hybridized carbons (Fsp3) is 0.300. The standard InChI is InChI=1S/C20H19ClN4O4/c21-15-6-3-13(4-7-15)19-23-20(29-24-19)14-5-8-18(27)25(11-14)12-17(26)22-10-16-2-1-9-28-16/h3-8,11,16H,1-2,9-10,12H2,(H,22,26)/t16-/m0/s1. The molecule has 1 aliphatic rings. The van der Waals surface area contributed by atoms with Gasteiger partial charge in [0.1, 0.15) is 6.54 Å². The van der Waals surface area contributed by atoms with Gasteiger partial charge in [-0.3, -0.25) is 9.59 Å². The number of aromatic nitrogens is 3. The Morgan fingerprint density at radius 2 is 2.00 bits per heavy atom. The Morgan fingerprint density at radius 1 is 1.21 bits per heavy atom. The molecule has 1 N–H and O–H groups in total. The Labute approximate surface area is 171 Å². The highest BCUT2D eigenvalue weighted by atomic mass is 35.5. The van der Waals surface area contributed by atoms with Crippen molar-refractivity contribution in [3.8, 4) is 22.8 Å². The predicted molar refractivity (Wildman–Crippen MR) is 106 cm³/mol. The van der Waals surface area contributed by atoms with E-state index in [1.165, 1.54) is 16.8 Å². The minimum Gasteiger partial charge on any atom is -0.376 e. The maximum atomic E-state index is 12.2. The molecule has 150 valence electrons. The van der Waals surface area contributed by atoms with E-state index >= 15 is 0 Å². The maximum Gasteiger partial charge on any atom is 0.259 e. The van der Waals surface area contributed by atoms with Gasteiger partial charge in [0.05, 0.1) is 11.7 Å². The summed E-state index contributed by atoms with van der Waals surface area (Å²) in [7, 11) is 0. The molecule has 1 amide bonds. The largest absolute Gasteiger partial charge is 0.376 e. The number of ether oxygens (including phenoxy) is 1. The van der Waals surface area contributed by atoms with Crippen molar-refractivity contribution >= 4 is 17.5 Å². The number of nitrogens with zero attached hydrogens (tertiary/aromatic N) is 3. The summed E-state index contributed by atoms with van der Waals surface area (Å²) in [5, 5.41) is 7.39. The second-order valence-corrected chi connectivity index (χ2v) is 7.19. The first-order valence-corrected chi connectivity index (χ1v) is 9.65. The Bertz CT molecular complexity index is 1050. The van der Waals surface area contributed by atoms with Gasteiger partial charge in [0.25, 0.3) is 11.4 Å². The zero-order chi connectivity index (χ0) is 20.2. The van der Waals surface area contributed by atoms with Crippen molar-refractivity contribution < 1.29 is 14.1 Å². The van der Waals surface area contributed by atoms with E-state index in [1.54, 1.807) is 30.3 Å². The van der Waals surface area contributed by atoms with Crippen LogP contribution in [0.5, 0.6) is 0 Å². The predicted octanol–water partition coefficient (Wildman–Crippen LogP) is 2.51. The SMILES string of the molecule is O=C(Cn1cc(-c2nc(-c3ccc(Cl)cc3)no2)ccc1=O)NC[C@@H]1CCCO1. The number of rotatable bonds is 6. The number of carbonyl (C=O) groups is 1. The van der Waals surface area contributed by atoms with Crippen LogP contribution < -0.4 is 10.9 Å². The van der Waals surface area contributed by atoms with Crippen LogP contribution in [-0.2, 0) is 16.1 Å². The van der Waals surface area contributed by atoms with E-state index in [4.69, 9.17) is 20.9 Å². The third-order valence-electron chi connectivity index (χ3n) is 4.62. The molecule has 0 aliphatic carbocycles. The van der Waals surface area contributed by atoms with E-state index in [1.807, 2.05) is 0 Å². The van der Waals surface area contributed by atoms with Crippen LogP contribution in [0.15, 0.2) is 51.9 Å². The first-order valence-electron chi connectivity index (χ1n) is 9.27. The molecule has 0 unspecified atom stereocenters. The van der Waals surface area contributed by atoms with Crippen molar-refractivity contribution in [2.75, 3.05) is 13.2 Å². The second kappa shape index (κ2) is 8.59. The zero-order valence-corrected chi connectivity index (χ0v) is 16.3. The van der Waals surface area contributed by atoms with Crippen LogP contribution in [0.2, 0.25) is 5.02 Å². The van der Waals surface area contributed by atoms with Gasteiger partial charge in [-0.2, -0.15) is 4.98 Å². The lowest BCUT2D eigenvalue weighted by atomic mass is 10.2. The number of nitrogens with one attached hydrogen (secondary N) is 1.